The summed E-state index contributed by atoms with van der Waals surface area (Å²) < 4.78 is 45.3. The fraction of sp³-hybridized carbons (Fsp3) is 0.143. The van der Waals surface area contributed by atoms with Gasteiger partial charge in [0.25, 0.3) is 0 Å². The number of ether oxygens (including phenoxy) is 2. The number of nitrogens with two attached hydrogens (primary N) is 1. The standard InChI is InChI=1S/C14H11ClF3NO2/c15-12-6-3-10(19)7-13(12)20-8-9-1-4-11(5-2-9)21-14(16,17)18/h1-7H,8,19H2. The van der Waals surface area contributed by atoms with Crippen molar-refractivity contribution in [1.29, 1.82) is 0 Å². The lowest BCUT2D eigenvalue weighted by Crippen LogP contribution is -2.17. The van der Waals surface area contributed by atoms with E-state index in [-0.39, 0.29) is 12.4 Å². The van der Waals surface area contributed by atoms with Crippen LogP contribution in [0.25, 0.3) is 0 Å². The molecule has 0 heterocycles. The molecule has 0 aliphatic carbocycles. The van der Waals surface area contributed by atoms with Crippen molar-refractivity contribution < 1.29 is 22.6 Å². The molecule has 0 saturated heterocycles. The molecule has 112 valence electrons. The maximum Gasteiger partial charge on any atom is 0.573 e. The summed E-state index contributed by atoms with van der Waals surface area (Å²) in [6.07, 6.45) is -4.70. The van der Waals surface area contributed by atoms with Gasteiger partial charge in [-0.3, -0.25) is 0 Å². The summed E-state index contributed by atoms with van der Waals surface area (Å²) in [4.78, 5) is 0. The molecule has 2 aromatic rings. The van der Waals surface area contributed by atoms with Crippen molar-refractivity contribution in [2.75, 3.05) is 5.73 Å². The van der Waals surface area contributed by atoms with Crippen LogP contribution in [0.2, 0.25) is 5.02 Å². The SMILES string of the molecule is Nc1ccc(Cl)c(OCc2ccc(OC(F)(F)F)cc2)c1. The maximum atomic E-state index is 12.0. The summed E-state index contributed by atoms with van der Waals surface area (Å²) in [5.41, 5.74) is 6.79. The van der Waals surface area contributed by atoms with Gasteiger partial charge in [-0.2, -0.15) is 0 Å². The molecule has 7 heteroatoms. The zero-order chi connectivity index (χ0) is 15.5. The van der Waals surface area contributed by atoms with Crippen LogP contribution in [0, 0.1) is 0 Å². The number of hydrogen-bond acceptors (Lipinski definition) is 3. The smallest absolute Gasteiger partial charge is 0.487 e. The molecule has 2 aromatic carbocycles. The van der Waals surface area contributed by atoms with Crippen LogP contribution >= 0.6 is 11.6 Å². The van der Waals surface area contributed by atoms with Gasteiger partial charge in [-0.25, -0.2) is 0 Å². The van der Waals surface area contributed by atoms with E-state index < -0.39 is 6.36 Å². The predicted molar refractivity (Wildman–Crippen MR) is 73.3 cm³/mol. The van der Waals surface area contributed by atoms with Crippen LogP contribution in [0.3, 0.4) is 0 Å². The van der Waals surface area contributed by atoms with Crippen molar-refractivity contribution >= 4 is 17.3 Å². The molecule has 0 spiro atoms. The van der Waals surface area contributed by atoms with Gasteiger partial charge in [0.05, 0.1) is 5.02 Å². The first kappa shape index (κ1) is 15.3. The van der Waals surface area contributed by atoms with E-state index in [0.29, 0.717) is 22.0 Å². The summed E-state index contributed by atoms with van der Waals surface area (Å²) in [5, 5.41) is 0.404. The molecule has 0 radical (unpaired) electrons. The summed E-state index contributed by atoms with van der Waals surface area (Å²) in [6, 6.07) is 10.2. The molecule has 0 saturated carbocycles. The topological polar surface area (TPSA) is 44.5 Å². The molecule has 0 aliphatic rings. The largest absolute Gasteiger partial charge is 0.573 e. The van der Waals surface area contributed by atoms with E-state index >= 15 is 0 Å². The highest BCUT2D eigenvalue weighted by Crippen LogP contribution is 2.28. The number of nitrogen functional groups attached to an aromatic ring is 1. The van der Waals surface area contributed by atoms with Gasteiger partial charge in [0, 0.05) is 11.8 Å². The first-order valence-corrected chi connectivity index (χ1v) is 6.24. The number of alkyl halides is 3. The second kappa shape index (κ2) is 6.13. The minimum atomic E-state index is -4.70. The Labute approximate surface area is 124 Å². The van der Waals surface area contributed by atoms with E-state index in [2.05, 4.69) is 4.74 Å². The highest BCUT2D eigenvalue weighted by molar-refractivity contribution is 6.32. The van der Waals surface area contributed by atoms with Gasteiger partial charge in [-0.1, -0.05) is 23.7 Å². The van der Waals surface area contributed by atoms with Gasteiger partial charge < -0.3 is 15.2 Å². The van der Waals surface area contributed by atoms with Gasteiger partial charge in [-0.05, 0) is 29.8 Å². The van der Waals surface area contributed by atoms with Crippen LogP contribution in [-0.2, 0) is 6.61 Å². The average molecular weight is 318 g/mol. The molecule has 0 aromatic heterocycles. The molecule has 2 rings (SSSR count). The van der Waals surface area contributed by atoms with Gasteiger partial charge >= 0.3 is 6.36 Å². The first-order valence-electron chi connectivity index (χ1n) is 5.86. The summed E-state index contributed by atoms with van der Waals surface area (Å²) >= 11 is 5.93. The molecule has 0 unspecified atom stereocenters. The van der Waals surface area contributed by atoms with Crippen LogP contribution in [-0.4, -0.2) is 6.36 Å². The molecule has 0 bridgehead atoms. The van der Waals surface area contributed by atoms with Crippen molar-refractivity contribution in [1.82, 2.24) is 0 Å². The molecule has 21 heavy (non-hydrogen) atoms. The third kappa shape index (κ3) is 4.75. The van der Waals surface area contributed by atoms with E-state index in [9.17, 15) is 13.2 Å². The molecule has 0 aliphatic heterocycles. The lowest BCUT2D eigenvalue weighted by molar-refractivity contribution is -0.274. The third-order valence-electron chi connectivity index (χ3n) is 2.51. The van der Waals surface area contributed by atoms with Crippen LogP contribution < -0.4 is 15.2 Å². The van der Waals surface area contributed by atoms with E-state index in [4.69, 9.17) is 22.1 Å². The minimum Gasteiger partial charge on any atom is -0.487 e. The van der Waals surface area contributed by atoms with Gasteiger partial charge in [0.1, 0.15) is 18.1 Å². The van der Waals surface area contributed by atoms with Crippen LogP contribution in [0.4, 0.5) is 18.9 Å². The number of benzene rings is 2. The van der Waals surface area contributed by atoms with Crippen molar-refractivity contribution in [2.24, 2.45) is 0 Å². The summed E-state index contributed by atoms with van der Waals surface area (Å²) in [6.45, 7) is 0.148. The Morgan fingerprint density at radius 2 is 1.71 bits per heavy atom. The molecule has 0 amide bonds. The van der Waals surface area contributed by atoms with Crippen molar-refractivity contribution in [2.45, 2.75) is 13.0 Å². The quantitative estimate of drug-likeness (QED) is 0.850. The molecule has 0 atom stereocenters. The highest BCUT2D eigenvalue weighted by Gasteiger charge is 2.30. The monoisotopic (exact) mass is 317 g/mol. The number of anilines is 1. The van der Waals surface area contributed by atoms with Gasteiger partial charge in [0.2, 0.25) is 0 Å². The minimum absolute atomic E-state index is 0.148. The van der Waals surface area contributed by atoms with Crippen molar-refractivity contribution in [3.63, 3.8) is 0 Å². The Morgan fingerprint density at radius 1 is 1.05 bits per heavy atom. The fourth-order valence-corrected chi connectivity index (χ4v) is 1.75. The van der Waals surface area contributed by atoms with Crippen molar-refractivity contribution in [3.05, 3.63) is 53.1 Å². The molecular weight excluding hydrogens is 307 g/mol. The predicted octanol–water partition coefficient (Wildman–Crippen LogP) is 4.40. The Hall–Kier alpha value is -2.08. The third-order valence-corrected chi connectivity index (χ3v) is 2.82. The van der Waals surface area contributed by atoms with Gasteiger partial charge in [0.15, 0.2) is 0 Å². The molecular formula is C14H11ClF3NO2. The normalized spacial score (nSPS) is 11.2. The average Bonchev–Trinajstić information content (AvgIpc) is 2.40. The Balaban J connectivity index is 1.99. The lowest BCUT2D eigenvalue weighted by Gasteiger charge is -2.11. The van der Waals surface area contributed by atoms with Crippen LogP contribution in [0.1, 0.15) is 5.56 Å². The van der Waals surface area contributed by atoms with E-state index in [1.165, 1.54) is 24.3 Å². The second-order valence-electron chi connectivity index (χ2n) is 4.17. The summed E-state index contributed by atoms with van der Waals surface area (Å²) in [7, 11) is 0. The van der Waals surface area contributed by atoms with E-state index in [1.807, 2.05) is 0 Å². The number of rotatable bonds is 4. The molecule has 0 fully saturated rings. The van der Waals surface area contributed by atoms with Gasteiger partial charge in [-0.15, -0.1) is 13.2 Å². The Morgan fingerprint density at radius 3 is 2.33 bits per heavy atom. The first-order chi connectivity index (χ1) is 9.83. The number of hydrogen-bond donors (Lipinski definition) is 1. The molecule has 2 N–H and O–H groups in total. The zero-order valence-electron chi connectivity index (χ0n) is 10.7. The van der Waals surface area contributed by atoms with Crippen molar-refractivity contribution in [3.8, 4) is 11.5 Å². The maximum absolute atomic E-state index is 12.0. The van der Waals surface area contributed by atoms with Crippen LogP contribution in [0.15, 0.2) is 42.5 Å². The second-order valence-corrected chi connectivity index (χ2v) is 4.58. The fourth-order valence-electron chi connectivity index (χ4n) is 1.58. The lowest BCUT2D eigenvalue weighted by atomic mass is 10.2. The van der Waals surface area contributed by atoms with E-state index in [1.54, 1.807) is 18.2 Å². The Bertz CT molecular complexity index is 615. The van der Waals surface area contributed by atoms with Crippen LogP contribution in [0.5, 0.6) is 11.5 Å². The number of halogens is 4. The molecule has 3 nitrogen and oxygen atoms in total. The van der Waals surface area contributed by atoms with E-state index in [0.717, 1.165) is 0 Å². The Kier molecular flexibility index (Phi) is 4.47. The summed E-state index contributed by atoms with van der Waals surface area (Å²) in [5.74, 6) is 0.125. The zero-order valence-corrected chi connectivity index (χ0v) is 11.4. The highest BCUT2D eigenvalue weighted by atomic mass is 35.5.